The molecule has 0 aromatic heterocycles. The average molecular weight is 339 g/mol. The smallest absolute Gasteiger partial charge is 0.306 e. The third-order valence-corrected chi connectivity index (χ3v) is 3.19. The van der Waals surface area contributed by atoms with Crippen LogP contribution in [0.4, 0.5) is 15.8 Å². The van der Waals surface area contributed by atoms with Gasteiger partial charge in [-0.3, -0.25) is 14.9 Å². The van der Waals surface area contributed by atoms with E-state index >= 15 is 0 Å². The summed E-state index contributed by atoms with van der Waals surface area (Å²) in [6.07, 6.45) is 0. The van der Waals surface area contributed by atoms with Crippen LogP contribution < -0.4 is 10.1 Å². The van der Waals surface area contributed by atoms with E-state index in [1.54, 1.807) is 13.0 Å². The van der Waals surface area contributed by atoms with Gasteiger partial charge in [0, 0.05) is 17.3 Å². The van der Waals surface area contributed by atoms with Gasteiger partial charge in [-0.05, 0) is 37.3 Å². The van der Waals surface area contributed by atoms with Crippen molar-refractivity contribution in [2.75, 3.05) is 11.9 Å². The van der Waals surface area contributed by atoms with Crippen molar-refractivity contribution in [3.8, 4) is 5.75 Å². The monoisotopic (exact) mass is 338 g/mol. The molecule has 0 saturated carbocycles. The molecule has 1 N–H and O–H groups in total. The Hall–Kier alpha value is -2.67. The molecule has 8 heteroatoms. The first-order valence-corrected chi connectivity index (χ1v) is 6.97. The SMILES string of the molecule is CCOc1ccc(C(=O)Nc2ccc(F)c([N+](=O)[O-])c2)cc1Cl. The van der Waals surface area contributed by atoms with Gasteiger partial charge in [0.15, 0.2) is 0 Å². The van der Waals surface area contributed by atoms with Crippen LogP contribution in [0.1, 0.15) is 17.3 Å². The average Bonchev–Trinajstić information content (AvgIpc) is 2.51. The highest BCUT2D eigenvalue weighted by molar-refractivity contribution is 6.32. The summed E-state index contributed by atoms with van der Waals surface area (Å²) in [6.45, 7) is 2.24. The highest BCUT2D eigenvalue weighted by atomic mass is 35.5. The number of halogens is 2. The topological polar surface area (TPSA) is 81.5 Å². The van der Waals surface area contributed by atoms with Crippen LogP contribution in [-0.2, 0) is 0 Å². The molecule has 0 radical (unpaired) electrons. The lowest BCUT2D eigenvalue weighted by Gasteiger charge is -2.09. The lowest BCUT2D eigenvalue weighted by atomic mass is 10.2. The zero-order valence-corrected chi connectivity index (χ0v) is 12.8. The number of carbonyl (C=O) groups excluding carboxylic acids is 1. The predicted octanol–water partition coefficient (Wildman–Crippen LogP) is 4.04. The Kier molecular flexibility index (Phi) is 5.13. The van der Waals surface area contributed by atoms with Gasteiger partial charge < -0.3 is 10.1 Å². The van der Waals surface area contributed by atoms with Gasteiger partial charge in [0.2, 0.25) is 5.82 Å². The van der Waals surface area contributed by atoms with Crippen LogP contribution in [-0.4, -0.2) is 17.4 Å². The lowest BCUT2D eigenvalue weighted by molar-refractivity contribution is -0.387. The van der Waals surface area contributed by atoms with Gasteiger partial charge in [-0.25, -0.2) is 0 Å². The Morgan fingerprint density at radius 2 is 2.09 bits per heavy atom. The van der Waals surface area contributed by atoms with E-state index in [4.69, 9.17) is 16.3 Å². The molecule has 2 aromatic rings. The van der Waals surface area contributed by atoms with E-state index in [1.807, 2.05) is 0 Å². The molecule has 1 amide bonds. The largest absolute Gasteiger partial charge is 0.492 e. The van der Waals surface area contributed by atoms with Crippen LogP contribution >= 0.6 is 11.6 Å². The number of nitrogens with one attached hydrogen (secondary N) is 1. The molecule has 0 aliphatic heterocycles. The summed E-state index contributed by atoms with van der Waals surface area (Å²) in [6, 6.07) is 7.57. The van der Waals surface area contributed by atoms with E-state index in [9.17, 15) is 19.3 Å². The molecule has 0 fully saturated rings. The first kappa shape index (κ1) is 16.7. The highest BCUT2D eigenvalue weighted by Crippen LogP contribution is 2.26. The number of amides is 1. The third kappa shape index (κ3) is 3.95. The number of benzene rings is 2. The maximum absolute atomic E-state index is 13.3. The Labute approximate surface area is 136 Å². The fraction of sp³-hybridized carbons (Fsp3) is 0.133. The summed E-state index contributed by atoms with van der Waals surface area (Å²) in [4.78, 5) is 22.0. The molecule has 6 nitrogen and oxygen atoms in total. The van der Waals surface area contributed by atoms with Gasteiger partial charge in [0.25, 0.3) is 5.91 Å². The second-order valence-corrected chi connectivity index (χ2v) is 4.86. The van der Waals surface area contributed by atoms with Gasteiger partial charge in [-0.2, -0.15) is 4.39 Å². The second kappa shape index (κ2) is 7.06. The fourth-order valence-corrected chi connectivity index (χ4v) is 2.08. The molecule has 0 bridgehead atoms. The van der Waals surface area contributed by atoms with Crippen molar-refractivity contribution in [2.24, 2.45) is 0 Å². The lowest BCUT2D eigenvalue weighted by Crippen LogP contribution is -2.12. The number of ether oxygens (including phenoxy) is 1. The van der Waals surface area contributed by atoms with Gasteiger partial charge in [0.1, 0.15) is 5.75 Å². The van der Waals surface area contributed by atoms with E-state index in [0.717, 1.165) is 12.1 Å². The molecular weight excluding hydrogens is 327 g/mol. The first-order chi connectivity index (χ1) is 10.9. The molecule has 2 aromatic carbocycles. The molecule has 23 heavy (non-hydrogen) atoms. The second-order valence-electron chi connectivity index (χ2n) is 4.46. The van der Waals surface area contributed by atoms with Crippen molar-refractivity contribution >= 4 is 28.9 Å². The van der Waals surface area contributed by atoms with Crippen molar-refractivity contribution in [3.63, 3.8) is 0 Å². The van der Waals surface area contributed by atoms with Gasteiger partial charge in [-0.15, -0.1) is 0 Å². The van der Waals surface area contributed by atoms with Crippen LogP contribution in [0.2, 0.25) is 5.02 Å². The summed E-state index contributed by atoms with van der Waals surface area (Å²) in [5.74, 6) is -1.06. The maximum Gasteiger partial charge on any atom is 0.306 e. The molecule has 0 aliphatic rings. The molecule has 0 heterocycles. The molecule has 0 atom stereocenters. The summed E-state index contributed by atoms with van der Waals surface area (Å²) in [5, 5.41) is 13.4. The van der Waals surface area contributed by atoms with Crippen molar-refractivity contribution in [2.45, 2.75) is 6.92 Å². The molecule has 0 spiro atoms. The summed E-state index contributed by atoms with van der Waals surface area (Å²) in [7, 11) is 0. The standard InChI is InChI=1S/C15H12ClFN2O4/c1-2-23-14-6-3-9(7-11(14)16)15(20)18-10-4-5-12(17)13(8-10)19(21)22/h3-8H,2H2,1H3,(H,18,20). The first-order valence-electron chi connectivity index (χ1n) is 6.60. The molecular formula is C15H12ClFN2O4. The van der Waals surface area contributed by atoms with Crippen molar-refractivity contribution in [1.29, 1.82) is 0 Å². The molecule has 120 valence electrons. The Bertz CT molecular complexity index is 767. The summed E-state index contributed by atoms with van der Waals surface area (Å²) < 4.78 is 18.5. The molecule has 0 saturated heterocycles. The summed E-state index contributed by atoms with van der Waals surface area (Å²) in [5.41, 5.74) is -0.369. The van der Waals surface area contributed by atoms with Gasteiger partial charge in [-0.1, -0.05) is 11.6 Å². The highest BCUT2D eigenvalue weighted by Gasteiger charge is 2.16. The molecule has 2 rings (SSSR count). The van der Waals surface area contributed by atoms with Crippen LogP contribution in [0.15, 0.2) is 36.4 Å². The predicted molar refractivity (Wildman–Crippen MR) is 83.6 cm³/mol. The molecule has 0 aliphatic carbocycles. The Morgan fingerprint density at radius 1 is 1.35 bits per heavy atom. The van der Waals surface area contributed by atoms with E-state index in [2.05, 4.69) is 5.32 Å². The summed E-state index contributed by atoms with van der Waals surface area (Å²) >= 11 is 6.00. The fourth-order valence-electron chi connectivity index (χ4n) is 1.85. The Morgan fingerprint density at radius 3 is 2.70 bits per heavy atom. The number of carbonyl (C=O) groups is 1. The number of rotatable bonds is 5. The number of nitro benzene ring substituents is 1. The van der Waals surface area contributed by atoms with Crippen LogP contribution in [0.5, 0.6) is 5.75 Å². The Balaban J connectivity index is 2.21. The minimum absolute atomic E-state index is 0.105. The van der Waals surface area contributed by atoms with Crippen molar-refractivity contribution < 1.29 is 18.8 Å². The van der Waals surface area contributed by atoms with Crippen LogP contribution in [0, 0.1) is 15.9 Å². The van der Waals surface area contributed by atoms with E-state index in [-0.39, 0.29) is 16.3 Å². The van der Waals surface area contributed by atoms with Crippen molar-refractivity contribution in [3.05, 3.63) is 62.9 Å². The maximum atomic E-state index is 13.3. The number of hydrogen-bond donors (Lipinski definition) is 1. The van der Waals surface area contributed by atoms with Crippen LogP contribution in [0.25, 0.3) is 0 Å². The third-order valence-electron chi connectivity index (χ3n) is 2.89. The zero-order chi connectivity index (χ0) is 17.0. The zero-order valence-electron chi connectivity index (χ0n) is 12.0. The van der Waals surface area contributed by atoms with E-state index in [1.165, 1.54) is 18.2 Å². The quantitative estimate of drug-likeness (QED) is 0.659. The van der Waals surface area contributed by atoms with Crippen molar-refractivity contribution in [1.82, 2.24) is 0 Å². The number of anilines is 1. The molecule has 0 unspecified atom stereocenters. The van der Waals surface area contributed by atoms with E-state index in [0.29, 0.717) is 12.4 Å². The number of nitrogens with zero attached hydrogens (tertiary/aromatic N) is 1. The number of hydrogen-bond acceptors (Lipinski definition) is 4. The van der Waals surface area contributed by atoms with Gasteiger partial charge >= 0.3 is 5.69 Å². The van der Waals surface area contributed by atoms with Crippen LogP contribution in [0.3, 0.4) is 0 Å². The van der Waals surface area contributed by atoms with E-state index < -0.39 is 22.3 Å². The minimum Gasteiger partial charge on any atom is -0.492 e. The normalized spacial score (nSPS) is 10.2. The van der Waals surface area contributed by atoms with Gasteiger partial charge in [0.05, 0.1) is 16.6 Å². The minimum atomic E-state index is -0.975. The number of nitro groups is 1.